The van der Waals surface area contributed by atoms with Gasteiger partial charge >= 0.3 is 0 Å². The van der Waals surface area contributed by atoms with E-state index in [1.54, 1.807) is 12.1 Å². The third kappa shape index (κ3) is 3.66. The Balaban J connectivity index is 2.52. The Morgan fingerprint density at radius 2 is 1.58 bits per heavy atom. The van der Waals surface area contributed by atoms with Gasteiger partial charge in [0, 0.05) is 19.0 Å². The molecule has 0 aliphatic rings. The summed E-state index contributed by atoms with van der Waals surface area (Å²) in [5, 5.41) is 3.15. The fraction of sp³-hybridized carbons (Fsp3) is 0.143. The van der Waals surface area contributed by atoms with Crippen molar-refractivity contribution in [1.29, 1.82) is 0 Å². The lowest BCUT2D eigenvalue weighted by atomic mass is 9.98. The normalized spacial score (nSPS) is 12.5. The summed E-state index contributed by atoms with van der Waals surface area (Å²) in [5.41, 5.74) is 1.60. The third-order valence-electron chi connectivity index (χ3n) is 2.78. The van der Waals surface area contributed by atoms with Crippen LogP contribution in [0.15, 0.2) is 49.8 Å². The Kier molecular flexibility index (Phi) is 5.17. The lowest BCUT2D eigenvalue weighted by Crippen LogP contribution is -2.19. The molecule has 0 fully saturated rings. The number of nitrogens with one attached hydrogen (secondary N) is 1. The molecular formula is C14H11Br3FN. The van der Waals surface area contributed by atoms with E-state index in [-0.39, 0.29) is 11.9 Å². The van der Waals surface area contributed by atoms with Gasteiger partial charge in [-0.3, -0.25) is 0 Å². The average Bonchev–Trinajstić information content (AvgIpc) is 2.33. The van der Waals surface area contributed by atoms with E-state index in [2.05, 4.69) is 53.1 Å². The first kappa shape index (κ1) is 15.2. The first-order valence-corrected chi connectivity index (χ1v) is 7.97. The van der Waals surface area contributed by atoms with Gasteiger partial charge in [-0.05, 0) is 49.0 Å². The zero-order chi connectivity index (χ0) is 14.0. The highest BCUT2D eigenvalue weighted by Gasteiger charge is 2.17. The fourth-order valence-electron chi connectivity index (χ4n) is 1.98. The van der Waals surface area contributed by atoms with Crippen LogP contribution < -0.4 is 5.32 Å². The first-order valence-electron chi connectivity index (χ1n) is 5.59. The average molecular weight is 452 g/mol. The molecule has 1 unspecified atom stereocenters. The molecule has 0 saturated carbocycles. The van der Waals surface area contributed by atoms with Crippen LogP contribution in [0.1, 0.15) is 17.2 Å². The Hall–Kier alpha value is -0.230. The molecule has 2 aromatic carbocycles. The van der Waals surface area contributed by atoms with Crippen LogP contribution >= 0.6 is 47.8 Å². The molecule has 0 spiro atoms. The largest absolute Gasteiger partial charge is 0.309 e. The van der Waals surface area contributed by atoms with Crippen molar-refractivity contribution in [2.45, 2.75) is 6.04 Å². The predicted octanol–water partition coefficient (Wildman–Crippen LogP) is 5.42. The minimum Gasteiger partial charge on any atom is -0.309 e. The number of benzene rings is 2. The lowest BCUT2D eigenvalue weighted by Gasteiger charge is -2.19. The zero-order valence-corrected chi connectivity index (χ0v) is 14.8. The van der Waals surface area contributed by atoms with Crippen molar-refractivity contribution >= 4 is 47.8 Å². The monoisotopic (exact) mass is 449 g/mol. The molecule has 1 nitrogen and oxygen atoms in total. The molecule has 100 valence electrons. The minimum atomic E-state index is -0.223. The highest BCUT2D eigenvalue weighted by Crippen LogP contribution is 2.30. The summed E-state index contributed by atoms with van der Waals surface area (Å²) in [6.07, 6.45) is 0. The highest BCUT2D eigenvalue weighted by molar-refractivity contribution is 9.11. The maximum absolute atomic E-state index is 14.0. The molecule has 2 aromatic rings. The number of rotatable bonds is 3. The highest BCUT2D eigenvalue weighted by atomic mass is 79.9. The smallest absolute Gasteiger partial charge is 0.128 e. The molecule has 19 heavy (non-hydrogen) atoms. The predicted molar refractivity (Wildman–Crippen MR) is 86.8 cm³/mol. The molecule has 1 N–H and O–H groups in total. The van der Waals surface area contributed by atoms with E-state index in [0.29, 0.717) is 5.56 Å². The summed E-state index contributed by atoms with van der Waals surface area (Å²) in [5.74, 6) is -0.223. The van der Waals surface area contributed by atoms with Gasteiger partial charge in [-0.2, -0.15) is 0 Å². The molecule has 1 atom stereocenters. The summed E-state index contributed by atoms with van der Waals surface area (Å²) in [7, 11) is 1.82. The molecule has 0 bridgehead atoms. The Bertz CT molecular complexity index is 581. The summed E-state index contributed by atoms with van der Waals surface area (Å²) >= 11 is 10.3. The Morgan fingerprint density at radius 3 is 2.16 bits per heavy atom. The summed E-state index contributed by atoms with van der Waals surface area (Å²) < 4.78 is 16.8. The molecule has 0 aromatic heterocycles. The van der Waals surface area contributed by atoms with Crippen LogP contribution in [0.25, 0.3) is 0 Å². The van der Waals surface area contributed by atoms with Gasteiger partial charge in [-0.15, -0.1) is 0 Å². The van der Waals surface area contributed by atoms with Crippen LogP contribution in [0.2, 0.25) is 0 Å². The number of hydrogen-bond donors (Lipinski definition) is 1. The van der Waals surface area contributed by atoms with Crippen molar-refractivity contribution < 1.29 is 4.39 Å². The second-order valence-corrected chi connectivity index (χ2v) is 6.84. The molecule has 0 heterocycles. The van der Waals surface area contributed by atoms with Gasteiger partial charge in [0.2, 0.25) is 0 Å². The van der Waals surface area contributed by atoms with Crippen LogP contribution in [-0.4, -0.2) is 7.05 Å². The van der Waals surface area contributed by atoms with E-state index in [9.17, 15) is 4.39 Å². The van der Waals surface area contributed by atoms with Crippen molar-refractivity contribution in [2.24, 2.45) is 0 Å². The lowest BCUT2D eigenvalue weighted by molar-refractivity contribution is 0.575. The van der Waals surface area contributed by atoms with Gasteiger partial charge in [0.15, 0.2) is 0 Å². The van der Waals surface area contributed by atoms with Gasteiger partial charge in [-0.1, -0.05) is 47.8 Å². The first-order chi connectivity index (χ1) is 9.01. The fourth-order valence-corrected chi connectivity index (χ4v) is 3.69. The Morgan fingerprint density at radius 1 is 0.947 bits per heavy atom. The summed E-state index contributed by atoms with van der Waals surface area (Å²) in [6.45, 7) is 0. The molecule has 0 aliphatic heterocycles. The van der Waals surface area contributed by atoms with E-state index >= 15 is 0 Å². The second-order valence-electron chi connectivity index (χ2n) is 4.09. The molecule has 0 radical (unpaired) electrons. The van der Waals surface area contributed by atoms with Crippen molar-refractivity contribution in [3.63, 3.8) is 0 Å². The van der Waals surface area contributed by atoms with Crippen molar-refractivity contribution in [3.05, 3.63) is 66.8 Å². The van der Waals surface area contributed by atoms with Crippen molar-refractivity contribution in [3.8, 4) is 0 Å². The van der Waals surface area contributed by atoms with E-state index in [0.717, 1.165) is 19.0 Å². The quantitative estimate of drug-likeness (QED) is 0.656. The molecule has 0 amide bonds. The molecule has 0 saturated heterocycles. The second kappa shape index (κ2) is 6.48. The van der Waals surface area contributed by atoms with Crippen LogP contribution in [0, 0.1) is 5.82 Å². The van der Waals surface area contributed by atoms with Gasteiger partial charge in [0.05, 0.1) is 6.04 Å². The van der Waals surface area contributed by atoms with E-state index in [1.165, 1.54) is 6.07 Å². The summed E-state index contributed by atoms with van der Waals surface area (Å²) in [6, 6.07) is 10.7. The van der Waals surface area contributed by atoms with Crippen LogP contribution in [0.4, 0.5) is 4.39 Å². The van der Waals surface area contributed by atoms with Crippen LogP contribution in [0.3, 0.4) is 0 Å². The Labute approximate surface area is 137 Å². The van der Waals surface area contributed by atoms with Crippen LogP contribution in [0.5, 0.6) is 0 Å². The van der Waals surface area contributed by atoms with E-state index in [4.69, 9.17) is 0 Å². The minimum absolute atomic E-state index is 0.203. The van der Waals surface area contributed by atoms with E-state index < -0.39 is 0 Å². The van der Waals surface area contributed by atoms with E-state index in [1.807, 2.05) is 25.2 Å². The zero-order valence-electron chi connectivity index (χ0n) is 10.1. The van der Waals surface area contributed by atoms with Crippen molar-refractivity contribution in [2.75, 3.05) is 7.05 Å². The van der Waals surface area contributed by atoms with Gasteiger partial charge in [0.25, 0.3) is 0 Å². The standard InChI is InChI=1S/C14H11Br3FN/c1-19-14(8-4-10(16)6-11(17)5-8)12-7-9(15)2-3-13(12)18/h2-7,14,19H,1H3. The van der Waals surface area contributed by atoms with Crippen LogP contribution in [-0.2, 0) is 0 Å². The third-order valence-corrected chi connectivity index (χ3v) is 4.18. The maximum Gasteiger partial charge on any atom is 0.128 e. The molecule has 5 heteroatoms. The molecule has 2 rings (SSSR count). The molecule has 0 aliphatic carbocycles. The molecular weight excluding hydrogens is 441 g/mol. The summed E-state index contributed by atoms with van der Waals surface area (Å²) in [4.78, 5) is 0. The van der Waals surface area contributed by atoms with Gasteiger partial charge in [-0.25, -0.2) is 4.39 Å². The maximum atomic E-state index is 14.0. The number of halogens is 4. The van der Waals surface area contributed by atoms with Gasteiger partial charge < -0.3 is 5.32 Å². The topological polar surface area (TPSA) is 12.0 Å². The number of hydrogen-bond acceptors (Lipinski definition) is 1. The SMILES string of the molecule is CNC(c1cc(Br)cc(Br)c1)c1cc(Br)ccc1F. The van der Waals surface area contributed by atoms with Gasteiger partial charge in [0.1, 0.15) is 5.82 Å². The van der Waals surface area contributed by atoms with Crippen molar-refractivity contribution in [1.82, 2.24) is 5.32 Å².